The molecule has 1 aromatic carbocycles. The molecule has 1 N–H and O–H groups in total. The van der Waals surface area contributed by atoms with Crippen LogP contribution in [-0.4, -0.2) is 53.6 Å². The first kappa shape index (κ1) is 14.8. The van der Waals surface area contributed by atoms with E-state index in [1.54, 1.807) is 6.08 Å². The molecule has 20 heavy (non-hydrogen) atoms. The van der Waals surface area contributed by atoms with Crippen LogP contribution in [0.4, 0.5) is 0 Å². The highest BCUT2D eigenvalue weighted by Crippen LogP contribution is 2.14. The Labute approximate surface area is 120 Å². The van der Waals surface area contributed by atoms with Crippen LogP contribution < -0.4 is 0 Å². The summed E-state index contributed by atoms with van der Waals surface area (Å²) >= 11 is 0. The van der Waals surface area contributed by atoms with Gasteiger partial charge in [0, 0.05) is 38.3 Å². The van der Waals surface area contributed by atoms with Gasteiger partial charge >= 0.3 is 5.97 Å². The van der Waals surface area contributed by atoms with Crippen molar-refractivity contribution in [3.63, 3.8) is 0 Å². The summed E-state index contributed by atoms with van der Waals surface area (Å²) in [7, 11) is 2.16. The molecule has 1 aliphatic heterocycles. The average molecular weight is 274 g/mol. The molecule has 0 aliphatic carbocycles. The van der Waals surface area contributed by atoms with Gasteiger partial charge in [-0.1, -0.05) is 24.3 Å². The molecule has 1 aromatic rings. The highest BCUT2D eigenvalue weighted by Gasteiger charge is 2.21. The summed E-state index contributed by atoms with van der Waals surface area (Å²) in [6.45, 7) is 6.45. The van der Waals surface area contributed by atoms with Gasteiger partial charge in [0.15, 0.2) is 0 Å². The Kier molecular flexibility index (Phi) is 4.93. The molecule has 0 saturated carbocycles. The molecular formula is C16H22N2O2. The van der Waals surface area contributed by atoms with E-state index in [2.05, 4.69) is 35.9 Å². The second-order valence-electron chi connectivity index (χ2n) is 5.50. The van der Waals surface area contributed by atoms with E-state index in [1.807, 2.05) is 12.1 Å². The lowest BCUT2D eigenvalue weighted by molar-refractivity contribution is -0.131. The number of carboxylic acids is 1. The van der Waals surface area contributed by atoms with Gasteiger partial charge in [-0.3, -0.25) is 4.90 Å². The zero-order valence-electron chi connectivity index (χ0n) is 12.1. The molecule has 1 aliphatic rings. The van der Waals surface area contributed by atoms with Crippen molar-refractivity contribution in [3.05, 3.63) is 41.5 Å². The van der Waals surface area contributed by atoms with Crippen LogP contribution in [-0.2, 0) is 11.3 Å². The Morgan fingerprint density at radius 1 is 1.45 bits per heavy atom. The predicted molar refractivity (Wildman–Crippen MR) is 80.5 cm³/mol. The molecule has 1 unspecified atom stereocenters. The van der Waals surface area contributed by atoms with Crippen LogP contribution in [0, 0.1) is 0 Å². The van der Waals surface area contributed by atoms with Crippen molar-refractivity contribution in [1.29, 1.82) is 0 Å². The molecule has 0 radical (unpaired) electrons. The second kappa shape index (κ2) is 6.68. The van der Waals surface area contributed by atoms with Crippen molar-refractivity contribution >= 4 is 12.0 Å². The molecule has 0 amide bonds. The number of benzene rings is 1. The van der Waals surface area contributed by atoms with Gasteiger partial charge in [0.25, 0.3) is 0 Å². The first-order chi connectivity index (χ1) is 9.54. The quantitative estimate of drug-likeness (QED) is 0.852. The van der Waals surface area contributed by atoms with Crippen LogP contribution in [0.5, 0.6) is 0 Å². The van der Waals surface area contributed by atoms with Crippen LogP contribution in [0.3, 0.4) is 0 Å². The smallest absolute Gasteiger partial charge is 0.328 e. The molecule has 1 saturated heterocycles. The number of hydrogen-bond acceptors (Lipinski definition) is 3. The molecule has 1 fully saturated rings. The summed E-state index contributed by atoms with van der Waals surface area (Å²) in [6.07, 6.45) is 2.82. The number of hydrogen-bond donors (Lipinski definition) is 1. The van der Waals surface area contributed by atoms with Gasteiger partial charge in [-0.05, 0) is 31.2 Å². The zero-order chi connectivity index (χ0) is 14.5. The number of carbonyl (C=O) groups is 1. The SMILES string of the molecule is CC1CN(C)CCN1Cc1cccc(/C=C/C(=O)O)c1. The number of rotatable bonds is 4. The molecule has 2 rings (SSSR count). The number of piperazine rings is 1. The molecule has 0 bridgehead atoms. The number of likely N-dealkylation sites (N-methyl/N-ethyl adjacent to an activating group) is 1. The van der Waals surface area contributed by atoms with E-state index in [1.165, 1.54) is 11.6 Å². The summed E-state index contributed by atoms with van der Waals surface area (Å²) in [5, 5.41) is 8.67. The minimum Gasteiger partial charge on any atom is -0.478 e. The van der Waals surface area contributed by atoms with Crippen molar-refractivity contribution in [3.8, 4) is 0 Å². The molecule has 4 heteroatoms. The summed E-state index contributed by atoms with van der Waals surface area (Å²) < 4.78 is 0. The molecule has 4 nitrogen and oxygen atoms in total. The lowest BCUT2D eigenvalue weighted by Gasteiger charge is -2.38. The monoisotopic (exact) mass is 274 g/mol. The van der Waals surface area contributed by atoms with Gasteiger partial charge in [0.05, 0.1) is 0 Å². The Hall–Kier alpha value is -1.65. The third-order valence-electron chi connectivity index (χ3n) is 3.72. The van der Waals surface area contributed by atoms with Crippen molar-refractivity contribution in [2.24, 2.45) is 0 Å². The van der Waals surface area contributed by atoms with E-state index < -0.39 is 5.97 Å². The predicted octanol–water partition coefficient (Wildman–Crippen LogP) is 1.92. The molecule has 0 aromatic heterocycles. The molecule has 1 atom stereocenters. The van der Waals surface area contributed by atoms with Gasteiger partial charge in [-0.2, -0.15) is 0 Å². The highest BCUT2D eigenvalue weighted by molar-refractivity contribution is 5.85. The summed E-state index contributed by atoms with van der Waals surface area (Å²) in [6, 6.07) is 8.62. The third-order valence-corrected chi connectivity index (χ3v) is 3.72. The molecule has 1 heterocycles. The van der Waals surface area contributed by atoms with E-state index in [0.717, 1.165) is 31.7 Å². The Morgan fingerprint density at radius 3 is 2.95 bits per heavy atom. The van der Waals surface area contributed by atoms with E-state index >= 15 is 0 Å². The maximum Gasteiger partial charge on any atom is 0.328 e. The number of aliphatic carboxylic acids is 1. The fourth-order valence-electron chi connectivity index (χ4n) is 2.61. The van der Waals surface area contributed by atoms with Crippen LogP contribution >= 0.6 is 0 Å². The van der Waals surface area contributed by atoms with Crippen molar-refractivity contribution in [2.45, 2.75) is 19.5 Å². The van der Waals surface area contributed by atoms with E-state index in [0.29, 0.717) is 6.04 Å². The maximum atomic E-state index is 10.5. The van der Waals surface area contributed by atoms with E-state index in [-0.39, 0.29) is 0 Å². The Balaban J connectivity index is 2.02. The number of carboxylic acid groups (broad SMARTS) is 1. The number of nitrogens with zero attached hydrogens (tertiary/aromatic N) is 2. The minimum atomic E-state index is -0.914. The van der Waals surface area contributed by atoms with E-state index in [4.69, 9.17) is 5.11 Å². The largest absolute Gasteiger partial charge is 0.478 e. The van der Waals surface area contributed by atoms with Crippen LogP contribution in [0.2, 0.25) is 0 Å². The minimum absolute atomic E-state index is 0.548. The molecule has 0 spiro atoms. The third kappa shape index (κ3) is 4.18. The lowest BCUT2D eigenvalue weighted by Crippen LogP contribution is -2.49. The zero-order valence-corrected chi connectivity index (χ0v) is 12.1. The second-order valence-corrected chi connectivity index (χ2v) is 5.50. The van der Waals surface area contributed by atoms with Gasteiger partial charge in [-0.15, -0.1) is 0 Å². The van der Waals surface area contributed by atoms with Gasteiger partial charge in [0.1, 0.15) is 0 Å². The summed E-state index contributed by atoms with van der Waals surface area (Å²) in [5.74, 6) is -0.914. The average Bonchev–Trinajstić information content (AvgIpc) is 2.40. The van der Waals surface area contributed by atoms with Crippen LogP contribution in [0.1, 0.15) is 18.1 Å². The summed E-state index contributed by atoms with van der Waals surface area (Å²) in [5.41, 5.74) is 2.17. The standard InChI is InChI=1S/C16H22N2O2/c1-13-11-17(2)8-9-18(13)12-15-5-3-4-14(10-15)6-7-16(19)20/h3-7,10,13H,8-9,11-12H2,1-2H3,(H,19,20)/b7-6+. The maximum absolute atomic E-state index is 10.5. The van der Waals surface area contributed by atoms with Gasteiger partial charge in [-0.25, -0.2) is 4.79 Å². The molecule has 108 valence electrons. The first-order valence-corrected chi connectivity index (χ1v) is 6.97. The van der Waals surface area contributed by atoms with Gasteiger partial charge < -0.3 is 10.0 Å². The highest BCUT2D eigenvalue weighted by atomic mass is 16.4. The topological polar surface area (TPSA) is 43.8 Å². The van der Waals surface area contributed by atoms with Gasteiger partial charge in [0.2, 0.25) is 0 Å². The fraction of sp³-hybridized carbons (Fsp3) is 0.438. The van der Waals surface area contributed by atoms with Crippen molar-refractivity contribution in [2.75, 3.05) is 26.7 Å². The van der Waals surface area contributed by atoms with Crippen molar-refractivity contribution < 1.29 is 9.90 Å². The Bertz CT molecular complexity index is 499. The van der Waals surface area contributed by atoms with E-state index in [9.17, 15) is 4.79 Å². The Morgan fingerprint density at radius 2 is 2.25 bits per heavy atom. The molecular weight excluding hydrogens is 252 g/mol. The van der Waals surface area contributed by atoms with Crippen molar-refractivity contribution in [1.82, 2.24) is 9.80 Å². The normalized spacial score (nSPS) is 21.4. The van der Waals surface area contributed by atoms with Crippen LogP contribution in [0.15, 0.2) is 30.3 Å². The summed E-state index contributed by atoms with van der Waals surface area (Å²) in [4.78, 5) is 15.4. The first-order valence-electron chi connectivity index (χ1n) is 6.97. The fourth-order valence-corrected chi connectivity index (χ4v) is 2.61. The lowest BCUT2D eigenvalue weighted by atomic mass is 10.1. The van der Waals surface area contributed by atoms with Crippen LogP contribution in [0.25, 0.3) is 6.08 Å².